The highest BCUT2D eigenvalue weighted by molar-refractivity contribution is 7.48. The fourth-order valence-electron chi connectivity index (χ4n) is 2.00. The lowest BCUT2D eigenvalue weighted by Gasteiger charge is -2.20. The number of esters is 1. The van der Waals surface area contributed by atoms with Crippen LogP contribution < -0.4 is 0 Å². The predicted molar refractivity (Wildman–Crippen MR) is 99.5 cm³/mol. The van der Waals surface area contributed by atoms with E-state index in [1.807, 2.05) is 0 Å². The maximum Gasteiger partial charge on any atom is 0.474 e. The van der Waals surface area contributed by atoms with E-state index in [4.69, 9.17) is 18.3 Å². The standard InChI is InChI=1S/C18H35O6P/c1-5-8-10-12-14-21-25(20,22-15-13-11-9-6-2)23-16-17(4)24-18(19)7-3/h7,17H,3,5-6,8-16H2,1-2,4H3. The Bertz CT molecular complexity index is 381. The van der Waals surface area contributed by atoms with Crippen LogP contribution in [0.5, 0.6) is 0 Å². The molecular weight excluding hydrogens is 343 g/mol. The van der Waals surface area contributed by atoms with Crippen LogP contribution in [0.4, 0.5) is 0 Å². The molecule has 25 heavy (non-hydrogen) atoms. The highest BCUT2D eigenvalue weighted by atomic mass is 31.2. The van der Waals surface area contributed by atoms with Crippen molar-refractivity contribution >= 4 is 13.8 Å². The van der Waals surface area contributed by atoms with Crippen LogP contribution in [-0.2, 0) is 27.7 Å². The van der Waals surface area contributed by atoms with Crippen LogP contribution in [0.25, 0.3) is 0 Å². The van der Waals surface area contributed by atoms with Crippen molar-refractivity contribution in [1.82, 2.24) is 0 Å². The van der Waals surface area contributed by atoms with Gasteiger partial charge in [-0.2, -0.15) is 0 Å². The van der Waals surface area contributed by atoms with E-state index in [9.17, 15) is 9.36 Å². The molecule has 0 aromatic carbocycles. The minimum atomic E-state index is -3.64. The molecule has 1 unspecified atom stereocenters. The molecule has 0 saturated heterocycles. The smallest absolute Gasteiger partial charge is 0.457 e. The van der Waals surface area contributed by atoms with Crippen LogP contribution in [0.3, 0.4) is 0 Å². The molecule has 0 aromatic heterocycles. The van der Waals surface area contributed by atoms with Crippen molar-refractivity contribution in [2.75, 3.05) is 19.8 Å². The number of unbranched alkanes of at least 4 members (excludes halogenated alkanes) is 6. The van der Waals surface area contributed by atoms with E-state index in [-0.39, 0.29) is 6.61 Å². The lowest BCUT2D eigenvalue weighted by atomic mass is 10.2. The third kappa shape index (κ3) is 14.2. The van der Waals surface area contributed by atoms with Crippen LogP contribution in [0.1, 0.15) is 72.1 Å². The van der Waals surface area contributed by atoms with E-state index in [0.717, 1.165) is 57.4 Å². The van der Waals surface area contributed by atoms with Crippen LogP contribution in [0, 0.1) is 0 Å². The fraction of sp³-hybridized carbons (Fsp3) is 0.833. The summed E-state index contributed by atoms with van der Waals surface area (Å²) in [5, 5.41) is 0. The zero-order chi connectivity index (χ0) is 19.0. The minimum Gasteiger partial charge on any atom is -0.457 e. The Morgan fingerprint density at radius 3 is 1.92 bits per heavy atom. The molecule has 0 aliphatic rings. The number of phosphoric acid groups is 1. The molecule has 0 aromatic rings. The summed E-state index contributed by atoms with van der Waals surface area (Å²) >= 11 is 0. The molecule has 0 aliphatic heterocycles. The van der Waals surface area contributed by atoms with Gasteiger partial charge in [-0.3, -0.25) is 13.6 Å². The molecule has 7 heteroatoms. The summed E-state index contributed by atoms with van der Waals surface area (Å²) in [6, 6.07) is 0. The third-order valence-corrected chi connectivity index (χ3v) is 4.91. The van der Waals surface area contributed by atoms with Gasteiger partial charge in [0.2, 0.25) is 0 Å². The third-order valence-electron chi connectivity index (χ3n) is 3.45. The van der Waals surface area contributed by atoms with Gasteiger partial charge < -0.3 is 4.74 Å². The zero-order valence-corrected chi connectivity index (χ0v) is 16.9. The van der Waals surface area contributed by atoms with Crippen LogP contribution in [0.2, 0.25) is 0 Å². The summed E-state index contributed by atoms with van der Waals surface area (Å²) in [7, 11) is -3.64. The number of hydrogen-bond acceptors (Lipinski definition) is 6. The van der Waals surface area contributed by atoms with E-state index < -0.39 is 19.9 Å². The molecular formula is C18H35O6P. The van der Waals surface area contributed by atoms with E-state index in [1.165, 1.54) is 0 Å². The van der Waals surface area contributed by atoms with Gasteiger partial charge in [0.05, 0.1) is 19.8 Å². The molecule has 1 atom stereocenters. The number of phosphoric ester groups is 1. The Labute approximate surface area is 152 Å². The summed E-state index contributed by atoms with van der Waals surface area (Å²) in [6.07, 6.45) is 8.62. The molecule has 0 heterocycles. The Morgan fingerprint density at radius 2 is 1.48 bits per heavy atom. The first kappa shape index (κ1) is 24.3. The van der Waals surface area contributed by atoms with Crippen molar-refractivity contribution in [3.05, 3.63) is 12.7 Å². The van der Waals surface area contributed by atoms with Gasteiger partial charge in [0.1, 0.15) is 6.10 Å². The molecule has 0 spiro atoms. The molecule has 0 amide bonds. The normalized spacial score (nSPS) is 12.8. The monoisotopic (exact) mass is 378 g/mol. The van der Waals surface area contributed by atoms with Gasteiger partial charge in [-0.15, -0.1) is 0 Å². The van der Waals surface area contributed by atoms with Crippen LogP contribution in [-0.4, -0.2) is 31.9 Å². The highest BCUT2D eigenvalue weighted by Gasteiger charge is 2.27. The van der Waals surface area contributed by atoms with Gasteiger partial charge in [0.15, 0.2) is 0 Å². The number of hydrogen-bond donors (Lipinski definition) is 0. The molecule has 0 fully saturated rings. The average molecular weight is 378 g/mol. The fourth-order valence-corrected chi connectivity index (χ4v) is 3.32. The molecule has 0 N–H and O–H groups in total. The second-order valence-electron chi connectivity index (χ2n) is 5.98. The summed E-state index contributed by atoms with van der Waals surface area (Å²) in [5.41, 5.74) is 0. The van der Waals surface area contributed by atoms with Crippen LogP contribution in [0.15, 0.2) is 12.7 Å². The van der Waals surface area contributed by atoms with Crippen molar-refractivity contribution in [1.29, 1.82) is 0 Å². The SMILES string of the molecule is C=CC(=O)OC(C)COP(=O)(OCCCCCC)OCCCCCC. The Morgan fingerprint density at radius 1 is 0.960 bits per heavy atom. The number of carbonyl (C=O) groups is 1. The van der Waals surface area contributed by atoms with Crippen LogP contribution >= 0.6 is 7.82 Å². The maximum atomic E-state index is 12.7. The minimum absolute atomic E-state index is 0.0548. The van der Waals surface area contributed by atoms with Gasteiger partial charge in [-0.05, 0) is 19.8 Å². The topological polar surface area (TPSA) is 71.1 Å². The predicted octanol–water partition coefficient (Wildman–Crippen LogP) is 5.42. The van der Waals surface area contributed by atoms with Gasteiger partial charge >= 0.3 is 13.8 Å². The van der Waals surface area contributed by atoms with Crippen molar-refractivity contribution in [2.24, 2.45) is 0 Å². The summed E-state index contributed by atoms with van der Waals surface area (Å²) in [4.78, 5) is 11.2. The second kappa shape index (κ2) is 15.6. The molecule has 148 valence electrons. The Kier molecular flexibility index (Phi) is 15.1. The Balaban J connectivity index is 4.35. The Hall–Kier alpha value is -0.680. The number of ether oxygens (including phenoxy) is 1. The summed E-state index contributed by atoms with van der Waals surface area (Å²) in [5.74, 6) is -0.549. The molecule has 0 aliphatic carbocycles. The molecule has 0 saturated carbocycles. The molecule has 0 bridgehead atoms. The zero-order valence-electron chi connectivity index (χ0n) is 16.0. The van der Waals surface area contributed by atoms with E-state index in [2.05, 4.69) is 20.4 Å². The number of rotatable bonds is 17. The highest BCUT2D eigenvalue weighted by Crippen LogP contribution is 2.50. The number of carbonyl (C=O) groups excluding carboxylic acids is 1. The van der Waals surface area contributed by atoms with Crippen molar-refractivity contribution in [2.45, 2.75) is 78.2 Å². The summed E-state index contributed by atoms with van der Waals surface area (Å²) < 4.78 is 33.9. The van der Waals surface area contributed by atoms with Gasteiger partial charge in [-0.1, -0.05) is 59.0 Å². The van der Waals surface area contributed by atoms with Crippen molar-refractivity contribution < 1.29 is 27.7 Å². The van der Waals surface area contributed by atoms with E-state index in [1.54, 1.807) is 6.92 Å². The van der Waals surface area contributed by atoms with E-state index in [0.29, 0.717) is 13.2 Å². The first-order valence-corrected chi connectivity index (χ1v) is 10.8. The average Bonchev–Trinajstić information content (AvgIpc) is 2.60. The first-order valence-electron chi connectivity index (χ1n) is 9.34. The molecule has 0 radical (unpaired) electrons. The summed E-state index contributed by atoms with van der Waals surface area (Å²) in [6.45, 7) is 9.83. The lowest BCUT2D eigenvalue weighted by Crippen LogP contribution is -2.19. The van der Waals surface area contributed by atoms with Crippen molar-refractivity contribution in [3.63, 3.8) is 0 Å². The quantitative estimate of drug-likeness (QED) is 0.146. The van der Waals surface area contributed by atoms with Crippen molar-refractivity contribution in [3.8, 4) is 0 Å². The molecule has 0 rings (SSSR count). The largest absolute Gasteiger partial charge is 0.474 e. The van der Waals surface area contributed by atoms with Gasteiger partial charge in [0, 0.05) is 6.08 Å². The lowest BCUT2D eigenvalue weighted by molar-refractivity contribution is -0.143. The second-order valence-corrected chi connectivity index (χ2v) is 7.65. The molecule has 6 nitrogen and oxygen atoms in total. The first-order chi connectivity index (χ1) is 12.0. The van der Waals surface area contributed by atoms with Gasteiger partial charge in [-0.25, -0.2) is 9.36 Å². The maximum absolute atomic E-state index is 12.7. The van der Waals surface area contributed by atoms with E-state index >= 15 is 0 Å². The van der Waals surface area contributed by atoms with Gasteiger partial charge in [0.25, 0.3) is 0 Å².